The van der Waals surface area contributed by atoms with Crippen molar-refractivity contribution in [2.24, 2.45) is 17.6 Å². The summed E-state index contributed by atoms with van der Waals surface area (Å²) in [5.41, 5.74) is 6.24. The normalized spacial score (nSPS) is 23.8. The zero-order valence-corrected chi connectivity index (χ0v) is 20.7. The summed E-state index contributed by atoms with van der Waals surface area (Å²) in [6, 6.07) is 4.05. The third-order valence-corrected chi connectivity index (χ3v) is 7.73. The van der Waals surface area contributed by atoms with Crippen LogP contribution in [0.1, 0.15) is 54.2 Å². The number of aromatic nitrogens is 4. The second-order valence-electron chi connectivity index (χ2n) is 9.77. The fraction of sp³-hybridized carbons (Fsp3) is 0.400. The van der Waals surface area contributed by atoms with Crippen LogP contribution in [0, 0.1) is 23.5 Å². The number of aromatic amines is 1. The fourth-order valence-electron chi connectivity index (χ4n) is 5.33. The highest BCUT2D eigenvalue weighted by atomic mass is 35.5. The molecule has 37 heavy (non-hydrogen) atoms. The molecule has 2 amide bonds. The first kappa shape index (κ1) is 25.2. The van der Waals surface area contributed by atoms with Gasteiger partial charge in [-0.25, -0.2) is 8.78 Å². The van der Waals surface area contributed by atoms with Crippen LogP contribution in [0.25, 0.3) is 11.3 Å². The molecule has 194 valence electrons. The van der Waals surface area contributed by atoms with E-state index in [9.17, 15) is 23.5 Å². The number of nitrogens with zero attached hydrogens (tertiary/aromatic N) is 4. The highest BCUT2D eigenvalue weighted by molar-refractivity contribution is 6.31. The summed E-state index contributed by atoms with van der Waals surface area (Å²) in [5.74, 6) is -2.39. The summed E-state index contributed by atoms with van der Waals surface area (Å²) in [4.78, 5) is 35.3. The van der Waals surface area contributed by atoms with Gasteiger partial charge in [0.1, 0.15) is 5.82 Å². The van der Waals surface area contributed by atoms with Gasteiger partial charge < -0.3 is 15.7 Å². The SMILES string of the molecule is C[C@@H](O)c1cc(-c2cc(C(=O)N3CCC(C(N)=O)CC34CC4Cc3ncc(F)cc3Cl)n[nH]2)c(F)cn1. The molecular weight excluding hydrogens is 506 g/mol. The zero-order valence-electron chi connectivity index (χ0n) is 19.9. The smallest absolute Gasteiger partial charge is 0.274 e. The highest BCUT2D eigenvalue weighted by Gasteiger charge is 2.62. The van der Waals surface area contributed by atoms with Crippen LogP contribution in [-0.4, -0.2) is 54.1 Å². The third kappa shape index (κ3) is 4.69. The van der Waals surface area contributed by atoms with E-state index >= 15 is 0 Å². The Morgan fingerprint density at radius 2 is 2.05 bits per heavy atom. The van der Waals surface area contributed by atoms with Crippen LogP contribution in [0.4, 0.5) is 8.78 Å². The molecule has 9 nitrogen and oxygen atoms in total. The number of hydrogen-bond acceptors (Lipinski definition) is 6. The van der Waals surface area contributed by atoms with Gasteiger partial charge in [-0.05, 0) is 56.7 Å². The maximum Gasteiger partial charge on any atom is 0.274 e. The number of rotatable bonds is 6. The topological polar surface area (TPSA) is 138 Å². The average Bonchev–Trinajstić information content (AvgIpc) is 3.28. The van der Waals surface area contributed by atoms with Crippen LogP contribution in [-0.2, 0) is 11.2 Å². The number of carbonyl (C=O) groups is 2. The lowest BCUT2D eigenvalue weighted by atomic mass is 9.86. The lowest BCUT2D eigenvalue weighted by Crippen LogP contribution is -2.51. The summed E-state index contributed by atoms with van der Waals surface area (Å²) in [6.07, 6.45) is 3.03. The van der Waals surface area contributed by atoms with Crippen LogP contribution >= 0.6 is 11.6 Å². The second-order valence-corrected chi connectivity index (χ2v) is 10.2. The number of piperidine rings is 1. The first-order valence-corrected chi connectivity index (χ1v) is 12.3. The Morgan fingerprint density at radius 1 is 1.27 bits per heavy atom. The van der Waals surface area contributed by atoms with Gasteiger partial charge in [0.05, 0.1) is 40.6 Å². The number of amides is 2. The molecule has 3 unspecified atom stereocenters. The summed E-state index contributed by atoms with van der Waals surface area (Å²) in [5, 5.41) is 16.8. The van der Waals surface area contributed by atoms with Crippen LogP contribution in [0.2, 0.25) is 5.02 Å². The number of likely N-dealkylation sites (tertiary alicyclic amines) is 1. The summed E-state index contributed by atoms with van der Waals surface area (Å²) < 4.78 is 27.9. The molecule has 3 aromatic heterocycles. The molecule has 0 bridgehead atoms. The number of aliphatic hydroxyl groups excluding tert-OH is 1. The predicted octanol–water partition coefficient (Wildman–Crippen LogP) is 3.19. The van der Waals surface area contributed by atoms with Gasteiger partial charge in [0.15, 0.2) is 11.5 Å². The fourth-order valence-corrected chi connectivity index (χ4v) is 5.56. The van der Waals surface area contributed by atoms with E-state index in [0.717, 1.165) is 12.4 Å². The minimum absolute atomic E-state index is 0.0567. The largest absolute Gasteiger partial charge is 0.387 e. The van der Waals surface area contributed by atoms with E-state index < -0.39 is 29.2 Å². The van der Waals surface area contributed by atoms with Gasteiger partial charge >= 0.3 is 0 Å². The van der Waals surface area contributed by atoms with Crippen LogP contribution < -0.4 is 5.73 Å². The molecule has 12 heteroatoms. The average molecular weight is 531 g/mol. The van der Waals surface area contributed by atoms with E-state index in [4.69, 9.17) is 17.3 Å². The molecule has 4 N–H and O–H groups in total. The molecular formula is C25H25ClF2N6O3. The number of nitrogens with two attached hydrogens (primary N) is 1. The molecule has 1 spiro atoms. The number of carbonyl (C=O) groups excluding carboxylic acids is 2. The number of H-pyrrole nitrogens is 1. The molecule has 4 atom stereocenters. The van der Waals surface area contributed by atoms with Crippen molar-refractivity contribution in [3.8, 4) is 11.3 Å². The van der Waals surface area contributed by atoms with E-state index in [1.807, 2.05) is 0 Å². The van der Waals surface area contributed by atoms with Crippen LogP contribution in [0.15, 0.2) is 30.6 Å². The number of aliphatic hydroxyl groups is 1. The highest BCUT2D eigenvalue weighted by Crippen LogP contribution is 2.57. The Morgan fingerprint density at radius 3 is 2.76 bits per heavy atom. The number of hydrogen-bond donors (Lipinski definition) is 3. The minimum atomic E-state index is -0.898. The Kier molecular flexibility index (Phi) is 6.45. The third-order valence-electron chi connectivity index (χ3n) is 7.40. The van der Waals surface area contributed by atoms with Gasteiger partial charge in [0.25, 0.3) is 5.91 Å². The standard InChI is InChI=1S/C25H25ClF2N6O3/c1-12(35)19-6-16(18(28)11-31-19)20-7-22(33-32-20)24(37)34-3-2-13(23(29)36)8-25(34)9-14(25)4-21-17(26)5-15(27)10-30-21/h5-7,10-14,35H,2-4,8-9H2,1H3,(H2,29,36)(H,32,33)/t12-,13?,14?,25?/m1/s1. The van der Waals surface area contributed by atoms with Crippen molar-refractivity contribution < 1.29 is 23.5 Å². The maximum absolute atomic E-state index is 14.5. The molecule has 5 rings (SSSR count). The monoisotopic (exact) mass is 530 g/mol. The number of nitrogens with one attached hydrogen (secondary N) is 1. The number of halogens is 3. The van der Waals surface area contributed by atoms with Crippen molar-refractivity contribution in [1.29, 1.82) is 0 Å². The van der Waals surface area contributed by atoms with E-state index in [1.54, 1.807) is 4.90 Å². The molecule has 0 radical (unpaired) electrons. The second kappa shape index (κ2) is 9.46. The summed E-state index contributed by atoms with van der Waals surface area (Å²) in [7, 11) is 0. The van der Waals surface area contributed by atoms with Gasteiger partial charge in [0, 0.05) is 23.6 Å². The molecule has 1 aliphatic carbocycles. The van der Waals surface area contributed by atoms with E-state index in [-0.39, 0.29) is 45.4 Å². The molecule has 1 saturated carbocycles. The molecule has 3 aromatic rings. The summed E-state index contributed by atoms with van der Waals surface area (Å²) in [6.45, 7) is 1.81. The van der Waals surface area contributed by atoms with Crippen molar-refractivity contribution in [3.63, 3.8) is 0 Å². The van der Waals surface area contributed by atoms with Crippen LogP contribution in [0.5, 0.6) is 0 Å². The van der Waals surface area contributed by atoms with Crippen molar-refractivity contribution in [3.05, 3.63) is 64.3 Å². The van der Waals surface area contributed by atoms with E-state index in [2.05, 4.69) is 20.2 Å². The molecule has 4 heterocycles. The maximum atomic E-state index is 14.5. The molecule has 0 aromatic carbocycles. The molecule has 1 saturated heterocycles. The Bertz CT molecular complexity index is 1380. The molecule has 2 fully saturated rings. The van der Waals surface area contributed by atoms with Crippen molar-refractivity contribution in [1.82, 2.24) is 25.1 Å². The lowest BCUT2D eigenvalue weighted by molar-refractivity contribution is -0.124. The van der Waals surface area contributed by atoms with Gasteiger partial charge in [-0.2, -0.15) is 5.10 Å². The predicted molar refractivity (Wildman–Crippen MR) is 129 cm³/mol. The van der Waals surface area contributed by atoms with E-state index in [0.29, 0.717) is 37.9 Å². The van der Waals surface area contributed by atoms with Crippen molar-refractivity contribution in [2.45, 2.75) is 44.2 Å². The van der Waals surface area contributed by atoms with Crippen molar-refractivity contribution in [2.75, 3.05) is 6.54 Å². The molecule has 1 aliphatic heterocycles. The minimum Gasteiger partial charge on any atom is -0.387 e. The first-order valence-electron chi connectivity index (χ1n) is 11.9. The Hall–Kier alpha value is -3.44. The Balaban J connectivity index is 1.42. The van der Waals surface area contributed by atoms with Gasteiger partial charge in [-0.15, -0.1) is 0 Å². The number of primary amides is 1. The van der Waals surface area contributed by atoms with Crippen molar-refractivity contribution >= 4 is 23.4 Å². The zero-order chi connectivity index (χ0) is 26.5. The lowest BCUT2D eigenvalue weighted by Gasteiger charge is -2.40. The quantitative estimate of drug-likeness (QED) is 0.447. The van der Waals surface area contributed by atoms with Gasteiger partial charge in [-0.3, -0.25) is 24.7 Å². The Labute approximate surface area is 216 Å². The van der Waals surface area contributed by atoms with Crippen LogP contribution in [0.3, 0.4) is 0 Å². The van der Waals surface area contributed by atoms with E-state index in [1.165, 1.54) is 25.1 Å². The summed E-state index contributed by atoms with van der Waals surface area (Å²) >= 11 is 6.18. The first-order chi connectivity index (χ1) is 17.6. The van der Waals surface area contributed by atoms with Gasteiger partial charge in [-0.1, -0.05) is 11.6 Å². The number of pyridine rings is 2. The van der Waals surface area contributed by atoms with Gasteiger partial charge in [0.2, 0.25) is 5.91 Å². The molecule has 2 aliphatic rings.